The van der Waals surface area contributed by atoms with Crippen molar-refractivity contribution in [1.82, 2.24) is 0 Å². The van der Waals surface area contributed by atoms with Crippen molar-refractivity contribution < 1.29 is 0 Å². The molecule has 2 aliphatic carbocycles. The molecule has 0 saturated heterocycles. The number of hydrogen-bond donors (Lipinski definition) is 0. The Morgan fingerprint density at radius 1 is 0.425 bits per heavy atom. The maximum absolute atomic E-state index is 2.75. The molecule has 10 aromatic carbocycles. The highest BCUT2D eigenvalue weighted by Crippen LogP contribution is 2.65. The van der Waals surface area contributed by atoms with Crippen LogP contribution in [-0.2, 0) is 27.1 Å². The Kier molecular flexibility index (Phi) is 10.3. The molecule has 1 spiro atoms. The number of rotatable bonds is 4. The van der Waals surface area contributed by atoms with E-state index in [1.807, 2.05) is 0 Å². The van der Waals surface area contributed by atoms with Crippen LogP contribution in [0.3, 0.4) is 0 Å². The normalized spacial score (nSPS) is 16.3. The van der Waals surface area contributed by atoms with Gasteiger partial charge in [-0.15, -0.1) is 0 Å². The van der Waals surface area contributed by atoms with Crippen LogP contribution in [0.1, 0.15) is 132 Å². The average molecular weight is 1040 g/mol. The Morgan fingerprint density at radius 3 is 1.61 bits per heavy atom. The second-order valence-electron chi connectivity index (χ2n) is 27.3. The fourth-order valence-corrected chi connectivity index (χ4v) is 15.2. The van der Waals surface area contributed by atoms with Gasteiger partial charge in [0.1, 0.15) is 0 Å². The molecule has 0 saturated carbocycles. The Labute approximate surface area is 474 Å². The van der Waals surface area contributed by atoms with Gasteiger partial charge in [0.25, 0.3) is 0 Å². The third-order valence-corrected chi connectivity index (χ3v) is 19.4. The fourth-order valence-electron chi connectivity index (χ4n) is 15.2. The molecular formula is C76H70BN3. The minimum Gasteiger partial charge on any atom is -0.376 e. The summed E-state index contributed by atoms with van der Waals surface area (Å²) in [6, 6.07) is 78.4. The number of anilines is 8. The summed E-state index contributed by atoms with van der Waals surface area (Å²) >= 11 is 0. The molecule has 4 heteroatoms. The maximum atomic E-state index is 2.75. The summed E-state index contributed by atoms with van der Waals surface area (Å²) in [6.45, 7) is 25.8. The van der Waals surface area contributed by atoms with E-state index in [1.54, 1.807) is 0 Å². The van der Waals surface area contributed by atoms with E-state index in [1.165, 1.54) is 129 Å². The molecule has 80 heavy (non-hydrogen) atoms. The highest BCUT2D eigenvalue weighted by atomic mass is 15.2. The summed E-state index contributed by atoms with van der Waals surface area (Å²) in [5.74, 6) is 0. The lowest BCUT2D eigenvalue weighted by Gasteiger charge is -2.52. The van der Waals surface area contributed by atoms with Crippen molar-refractivity contribution >= 4 is 74.0 Å². The van der Waals surface area contributed by atoms with Gasteiger partial charge in [-0.1, -0.05) is 197 Å². The molecule has 0 fully saturated rings. The molecule has 0 N–H and O–H groups in total. The van der Waals surface area contributed by atoms with Gasteiger partial charge < -0.3 is 14.6 Å². The van der Waals surface area contributed by atoms with Crippen LogP contribution in [0.5, 0.6) is 0 Å². The molecule has 0 amide bonds. The zero-order chi connectivity index (χ0) is 55.0. The maximum Gasteiger partial charge on any atom is 0.333 e. The van der Waals surface area contributed by atoms with Crippen LogP contribution >= 0.6 is 0 Å². The monoisotopic (exact) mass is 1040 g/mol. The number of benzene rings is 10. The average Bonchev–Trinajstić information content (AvgIpc) is 1.49. The van der Waals surface area contributed by atoms with Crippen LogP contribution < -0.4 is 25.5 Å². The van der Waals surface area contributed by atoms with Crippen molar-refractivity contribution in [3.05, 3.63) is 250 Å². The molecule has 10 aromatic rings. The van der Waals surface area contributed by atoms with E-state index in [-0.39, 0.29) is 28.5 Å². The Bertz CT molecular complexity index is 4140. The first-order valence-electron chi connectivity index (χ1n) is 29.2. The lowest BCUT2D eigenvalue weighted by atomic mass is 9.42. The summed E-state index contributed by atoms with van der Waals surface area (Å²) < 4.78 is 0. The van der Waals surface area contributed by atoms with E-state index in [0.29, 0.717) is 0 Å². The van der Waals surface area contributed by atoms with Crippen LogP contribution in [0.2, 0.25) is 0 Å². The molecule has 3 aliphatic heterocycles. The van der Waals surface area contributed by atoms with Gasteiger partial charge in [-0.05, 0) is 203 Å². The largest absolute Gasteiger partial charge is 0.376 e. The van der Waals surface area contributed by atoms with E-state index in [4.69, 9.17) is 0 Å². The highest BCUT2D eigenvalue weighted by Gasteiger charge is 2.56. The minimum atomic E-state index is -0.564. The van der Waals surface area contributed by atoms with Gasteiger partial charge in [0.15, 0.2) is 0 Å². The summed E-state index contributed by atoms with van der Waals surface area (Å²) in [6.07, 6.45) is 2.32. The predicted molar refractivity (Wildman–Crippen MR) is 341 cm³/mol. The quantitative estimate of drug-likeness (QED) is 0.163. The van der Waals surface area contributed by atoms with Crippen molar-refractivity contribution in [2.24, 2.45) is 0 Å². The first-order chi connectivity index (χ1) is 38.3. The summed E-state index contributed by atoms with van der Waals surface area (Å²) in [5, 5.41) is 2.50. The smallest absolute Gasteiger partial charge is 0.333 e. The molecular weight excluding hydrogens is 966 g/mol. The molecule has 15 rings (SSSR count). The third kappa shape index (κ3) is 6.87. The highest BCUT2D eigenvalue weighted by molar-refractivity contribution is 6.93. The number of nitrogens with zero attached hydrogens (tertiary/aromatic N) is 3. The topological polar surface area (TPSA) is 9.72 Å². The molecule has 5 aliphatic rings. The Hall–Kier alpha value is -8.08. The van der Waals surface area contributed by atoms with Gasteiger partial charge in [0, 0.05) is 45.4 Å². The van der Waals surface area contributed by atoms with Gasteiger partial charge in [0.2, 0.25) is 0 Å². The van der Waals surface area contributed by atoms with E-state index in [0.717, 1.165) is 23.5 Å². The SMILES string of the molecule is Cc1cc2c3c(c1)N1c4cc5ccccc5cc4C4(c5ccccc5-c5ccccc54)c4cccc(c41)B3N(c1ccc3c(c1)C(C)(C)CCC3(C)C)c1ccc(N(c3ccc(C(C)(C)C)cc3)c3ccc(C(C)(C)C)cc3)cc1-2. The Balaban J connectivity index is 1.04. The minimum absolute atomic E-state index is 0.0203. The van der Waals surface area contributed by atoms with Crippen LogP contribution in [0.4, 0.5) is 45.5 Å². The summed E-state index contributed by atoms with van der Waals surface area (Å²) in [5.41, 5.74) is 29.3. The van der Waals surface area contributed by atoms with E-state index in [2.05, 4.69) is 291 Å². The van der Waals surface area contributed by atoms with Crippen molar-refractivity contribution in [2.45, 2.75) is 116 Å². The van der Waals surface area contributed by atoms with E-state index < -0.39 is 5.41 Å². The fraction of sp³-hybridized carbons (Fsp3) is 0.237. The summed E-state index contributed by atoms with van der Waals surface area (Å²) in [7, 11) is 0. The second kappa shape index (κ2) is 16.7. The third-order valence-electron chi connectivity index (χ3n) is 19.4. The first kappa shape index (κ1) is 49.0. The summed E-state index contributed by atoms with van der Waals surface area (Å²) in [4.78, 5) is 7.94. The molecule has 0 unspecified atom stereocenters. The van der Waals surface area contributed by atoms with Crippen LogP contribution in [-0.4, -0.2) is 6.85 Å². The molecule has 3 heterocycles. The molecule has 0 atom stereocenters. The van der Waals surface area contributed by atoms with Crippen molar-refractivity contribution in [3.8, 4) is 22.3 Å². The van der Waals surface area contributed by atoms with Gasteiger partial charge >= 0.3 is 6.85 Å². The zero-order valence-corrected chi connectivity index (χ0v) is 48.4. The van der Waals surface area contributed by atoms with Crippen LogP contribution in [0.25, 0.3) is 33.0 Å². The second-order valence-corrected chi connectivity index (χ2v) is 27.3. The van der Waals surface area contributed by atoms with Crippen molar-refractivity contribution in [1.29, 1.82) is 0 Å². The zero-order valence-electron chi connectivity index (χ0n) is 48.4. The Morgan fingerprint density at radius 2 is 0.988 bits per heavy atom. The molecule has 0 bridgehead atoms. The van der Waals surface area contributed by atoms with Gasteiger partial charge in [-0.25, -0.2) is 0 Å². The van der Waals surface area contributed by atoms with Crippen LogP contribution in [0.15, 0.2) is 200 Å². The van der Waals surface area contributed by atoms with E-state index >= 15 is 0 Å². The molecule has 0 radical (unpaired) electrons. The standard InChI is InChI=1S/C76H70BN3/c1-47-41-59-58-45-54(78(52-31-27-50(28-32-52)72(2,3)4)53-33-29-51(30-34-53)73(5,6)7)36-38-67(58)80(55-35-37-62-64(46-55)75(10,11)40-39-74(62,8)9)77-66-26-18-25-63-71(66)79(69(42-47)70(59)77)68-44-49-20-13-12-19-48(49)43-65(68)76(63)60-23-16-14-21-56(60)57-22-15-17-24-61(57)76/h12-38,41-46H,39-40H2,1-11H3. The number of aryl methyl sites for hydroxylation is 1. The van der Waals surface area contributed by atoms with E-state index in [9.17, 15) is 0 Å². The first-order valence-corrected chi connectivity index (χ1v) is 29.2. The lowest BCUT2D eigenvalue weighted by Crippen LogP contribution is -2.62. The molecule has 392 valence electrons. The van der Waals surface area contributed by atoms with Gasteiger partial charge in [-0.2, -0.15) is 0 Å². The van der Waals surface area contributed by atoms with Crippen LogP contribution in [0, 0.1) is 6.92 Å². The van der Waals surface area contributed by atoms with Crippen molar-refractivity contribution in [2.75, 3.05) is 14.6 Å². The molecule has 0 aromatic heterocycles. The lowest BCUT2D eigenvalue weighted by molar-refractivity contribution is 0.332. The number of para-hydroxylation sites is 1. The number of hydrogen-bond acceptors (Lipinski definition) is 3. The number of fused-ring (bicyclic) bond motifs is 15. The van der Waals surface area contributed by atoms with Crippen molar-refractivity contribution in [3.63, 3.8) is 0 Å². The van der Waals surface area contributed by atoms with Gasteiger partial charge in [-0.3, -0.25) is 0 Å². The molecule has 3 nitrogen and oxygen atoms in total. The van der Waals surface area contributed by atoms with Gasteiger partial charge in [0.05, 0.1) is 11.1 Å². The predicted octanol–water partition coefficient (Wildman–Crippen LogP) is 18.9.